The van der Waals surface area contributed by atoms with Crippen molar-refractivity contribution in [1.82, 2.24) is 9.29 Å². The molecule has 0 unspecified atom stereocenters. The van der Waals surface area contributed by atoms with Crippen molar-refractivity contribution in [3.05, 3.63) is 58.9 Å². The normalized spacial score (nSPS) is 14.9. The van der Waals surface area contributed by atoms with Crippen molar-refractivity contribution >= 4 is 62.0 Å². The van der Waals surface area contributed by atoms with E-state index in [1.807, 2.05) is 53.9 Å². The van der Waals surface area contributed by atoms with Crippen molar-refractivity contribution in [1.29, 1.82) is 0 Å². The van der Waals surface area contributed by atoms with E-state index in [0.717, 1.165) is 27.0 Å². The summed E-state index contributed by atoms with van der Waals surface area (Å²) in [6, 6.07) is 15.1. The summed E-state index contributed by atoms with van der Waals surface area (Å²) in [6.45, 7) is 2.00. The van der Waals surface area contributed by atoms with E-state index >= 15 is 0 Å². The molecule has 0 saturated carbocycles. The first-order chi connectivity index (χ1) is 15.8. The topological polar surface area (TPSA) is 82.6 Å². The first-order valence-electron chi connectivity index (χ1n) is 10.2. The second-order valence-electron chi connectivity index (χ2n) is 7.51. The number of piperazine rings is 1. The van der Waals surface area contributed by atoms with Gasteiger partial charge in [0.25, 0.3) is 0 Å². The Morgan fingerprint density at radius 1 is 1.12 bits per heavy atom. The number of anilines is 2. The van der Waals surface area contributed by atoms with E-state index in [9.17, 15) is 13.2 Å². The SMILES string of the molecule is CS(=O)(=O)N1CCN(c2ccccc2NC(=O)CSc2nc(-c3ccc(Cl)cc3)cs2)CC1. The first kappa shape index (κ1) is 24.0. The first-order valence-corrected chi connectivity index (χ1v) is 14.3. The minimum absolute atomic E-state index is 0.120. The zero-order valence-electron chi connectivity index (χ0n) is 17.9. The smallest absolute Gasteiger partial charge is 0.234 e. The van der Waals surface area contributed by atoms with Crippen LogP contribution in [0.1, 0.15) is 0 Å². The number of rotatable bonds is 7. The van der Waals surface area contributed by atoms with Gasteiger partial charge in [-0.05, 0) is 24.3 Å². The second-order valence-corrected chi connectivity index (χ2v) is 12.0. The number of benzene rings is 2. The molecule has 1 aliphatic rings. The molecule has 1 fully saturated rings. The quantitative estimate of drug-likeness (QED) is 0.466. The van der Waals surface area contributed by atoms with Gasteiger partial charge in [-0.25, -0.2) is 13.4 Å². The van der Waals surface area contributed by atoms with Gasteiger partial charge in [-0.15, -0.1) is 11.3 Å². The fourth-order valence-corrected chi connectivity index (χ4v) is 6.09. The third kappa shape index (κ3) is 6.27. The molecule has 174 valence electrons. The average molecular weight is 523 g/mol. The number of thioether (sulfide) groups is 1. The molecule has 1 N–H and O–H groups in total. The minimum atomic E-state index is -3.19. The molecular formula is C22H23ClN4O3S3. The third-order valence-electron chi connectivity index (χ3n) is 5.18. The van der Waals surface area contributed by atoms with E-state index in [2.05, 4.69) is 15.2 Å². The van der Waals surface area contributed by atoms with Gasteiger partial charge in [0.15, 0.2) is 4.34 Å². The van der Waals surface area contributed by atoms with Crippen LogP contribution in [0.25, 0.3) is 11.3 Å². The van der Waals surface area contributed by atoms with Crippen LogP contribution in [0, 0.1) is 0 Å². The van der Waals surface area contributed by atoms with Gasteiger partial charge in [0.1, 0.15) is 0 Å². The Bertz CT molecular complexity index is 1220. The number of para-hydroxylation sites is 2. The van der Waals surface area contributed by atoms with Crippen LogP contribution >= 0.6 is 34.7 Å². The number of aromatic nitrogens is 1. The predicted molar refractivity (Wildman–Crippen MR) is 137 cm³/mol. The summed E-state index contributed by atoms with van der Waals surface area (Å²) in [7, 11) is -3.19. The number of amides is 1. The van der Waals surface area contributed by atoms with Gasteiger partial charge >= 0.3 is 0 Å². The molecule has 1 aliphatic heterocycles. The van der Waals surface area contributed by atoms with Crippen molar-refractivity contribution in [3.8, 4) is 11.3 Å². The van der Waals surface area contributed by atoms with Crippen LogP contribution in [0.4, 0.5) is 11.4 Å². The molecule has 1 saturated heterocycles. The highest BCUT2D eigenvalue weighted by molar-refractivity contribution is 8.01. The monoisotopic (exact) mass is 522 g/mol. The van der Waals surface area contributed by atoms with E-state index in [1.165, 1.54) is 33.7 Å². The number of sulfonamides is 1. The summed E-state index contributed by atoms with van der Waals surface area (Å²) < 4.78 is 25.8. The van der Waals surface area contributed by atoms with Crippen molar-refractivity contribution in [2.24, 2.45) is 0 Å². The molecule has 7 nitrogen and oxygen atoms in total. The Morgan fingerprint density at radius 2 is 1.82 bits per heavy atom. The van der Waals surface area contributed by atoms with Crippen molar-refractivity contribution in [2.75, 3.05) is 48.4 Å². The minimum Gasteiger partial charge on any atom is -0.367 e. The van der Waals surface area contributed by atoms with Gasteiger partial charge in [0, 0.05) is 42.1 Å². The molecular weight excluding hydrogens is 500 g/mol. The highest BCUT2D eigenvalue weighted by Gasteiger charge is 2.24. The molecule has 3 aromatic rings. The van der Waals surface area contributed by atoms with E-state index in [0.29, 0.717) is 31.2 Å². The number of hydrogen-bond donors (Lipinski definition) is 1. The maximum Gasteiger partial charge on any atom is 0.234 e. The van der Waals surface area contributed by atoms with Gasteiger partial charge in [-0.2, -0.15) is 4.31 Å². The molecule has 1 aromatic heterocycles. The van der Waals surface area contributed by atoms with Crippen LogP contribution < -0.4 is 10.2 Å². The molecule has 0 aliphatic carbocycles. The molecule has 33 heavy (non-hydrogen) atoms. The lowest BCUT2D eigenvalue weighted by molar-refractivity contribution is -0.113. The van der Waals surface area contributed by atoms with Crippen LogP contribution in [-0.4, -0.2) is 61.8 Å². The molecule has 1 amide bonds. The van der Waals surface area contributed by atoms with E-state index in [-0.39, 0.29) is 11.7 Å². The van der Waals surface area contributed by atoms with Crippen LogP contribution in [0.3, 0.4) is 0 Å². The number of nitrogens with one attached hydrogen (secondary N) is 1. The third-order valence-corrected chi connectivity index (χ3v) is 8.75. The number of halogens is 1. The van der Waals surface area contributed by atoms with Gasteiger partial charge < -0.3 is 10.2 Å². The standard InChI is InChI=1S/C22H23ClN4O3S3/c1-33(29,30)27-12-10-26(11-13-27)20-5-3-2-4-18(20)24-21(28)15-32-22-25-19(14-31-22)16-6-8-17(23)9-7-16/h2-9,14H,10-13,15H2,1H3,(H,24,28). The Morgan fingerprint density at radius 3 is 2.52 bits per heavy atom. The zero-order valence-corrected chi connectivity index (χ0v) is 21.1. The molecule has 0 bridgehead atoms. The van der Waals surface area contributed by atoms with Gasteiger partial charge in [-0.1, -0.05) is 47.6 Å². The summed E-state index contributed by atoms with van der Waals surface area (Å²) in [4.78, 5) is 19.3. The lowest BCUT2D eigenvalue weighted by Crippen LogP contribution is -2.48. The summed E-state index contributed by atoms with van der Waals surface area (Å²) in [6.07, 6.45) is 1.23. The summed E-state index contributed by atoms with van der Waals surface area (Å²) >= 11 is 8.84. The number of nitrogens with zero attached hydrogens (tertiary/aromatic N) is 3. The van der Waals surface area contributed by atoms with E-state index < -0.39 is 10.0 Å². The van der Waals surface area contributed by atoms with Crippen LogP contribution in [0.2, 0.25) is 5.02 Å². The highest BCUT2D eigenvalue weighted by Crippen LogP contribution is 2.30. The van der Waals surface area contributed by atoms with Crippen LogP contribution in [0.5, 0.6) is 0 Å². The highest BCUT2D eigenvalue weighted by atomic mass is 35.5. The lowest BCUT2D eigenvalue weighted by atomic mass is 10.2. The fraction of sp³-hybridized carbons (Fsp3) is 0.273. The molecule has 4 rings (SSSR count). The van der Waals surface area contributed by atoms with Crippen molar-refractivity contribution < 1.29 is 13.2 Å². The lowest BCUT2D eigenvalue weighted by Gasteiger charge is -2.35. The van der Waals surface area contributed by atoms with E-state index in [1.54, 1.807) is 0 Å². The number of carbonyl (C=O) groups is 1. The van der Waals surface area contributed by atoms with Crippen LogP contribution in [0.15, 0.2) is 58.3 Å². The largest absolute Gasteiger partial charge is 0.367 e. The van der Waals surface area contributed by atoms with Gasteiger partial charge in [0.2, 0.25) is 15.9 Å². The second kappa shape index (κ2) is 10.4. The van der Waals surface area contributed by atoms with Crippen molar-refractivity contribution in [2.45, 2.75) is 4.34 Å². The number of thiazole rings is 1. The Hall–Kier alpha value is -2.11. The van der Waals surface area contributed by atoms with Crippen molar-refractivity contribution in [3.63, 3.8) is 0 Å². The molecule has 0 atom stereocenters. The Kier molecular flexibility index (Phi) is 7.60. The summed E-state index contributed by atoms with van der Waals surface area (Å²) in [5.74, 6) is 0.120. The summed E-state index contributed by atoms with van der Waals surface area (Å²) in [5.41, 5.74) is 3.45. The van der Waals surface area contributed by atoms with Crippen LogP contribution in [-0.2, 0) is 14.8 Å². The predicted octanol–water partition coefficient (Wildman–Crippen LogP) is 4.28. The summed E-state index contributed by atoms with van der Waals surface area (Å²) in [5, 5.41) is 5.64. The molecule has 0 spiro atoms. The average Bonchev–Trinajstić information content (AvgIpc) is 3.27. The number of carbonyl (C=O) groups excluding carboxylic acids is 1. The molecule has 2 aromatic carbocycles. The fourth-order valence-electron chi connectivity index (χ4n) is 3.51. The Labute approximate surface area is 206 Å². The zero-order chi connectivity index (χ0) is 23.4. The molecule has 0 radical (unpaired) electrons. The maximum absolute atomic E-state index is 12.6. The van der Waals surface area contributed by atoms with Gasteiger partial charge in [-0.3, -0.25) is 4.79 Å². The maximum atomic E-state index is 12.6. The number of hydrogen-bond acceptors (Lipinski definition) is 7. The Balaban J connectivity index is 1.35. The van der Waals surface area contributed by atoms with Gasteiger partial charge in [0.05, 0.1) is 29.1 Å². The molecule has 11 heteroatoms. The molecule has 2 heterocycles. The van der Waals surface area contributed by atoms with E-state index in [4.69, 9.17) is 11.6 Å².